The monoisotopic (exact) mass is 234 g/mol. The van der Waals surface area contributed by atoms with E-state index in [9.17, 15) is 9.59 Å². The van der Waals surface area contributed by atoms with Gasteiger partial charge in [-0.3, -0.25) is 0 Å². The molecule has 0 fully saturated rings. The van der Waals surface area contributed by atoms with Crippen molar-refractivity contribution in [2.24, 2.45) is 11.5 Å². The first kappa shape index (κ1) is 20.1. The van der Waals surface area contributed by atoms with Crippen molar-refractivity contribution in [1.82, 2.24) is 0 Å². The van der Waals surface area contributed by atoms with Crippen LogP contribution < -0.4 is 11.5 Å². The molecule has 16 heavy (non-hydrogen) atoms. The molecular formula is C10H22N2O4. The average molecular weight is 234 g/mol. The van der Waals surface area contributed by atoms with Crippen molar-refractivity contribution in [3.63, 3.8) is 0 Å². The Morgan fingerprint density at radius 3 is 1.19 bits per heavy atom. The van der Waals surface area contributed by atoms with Gasteiger partial charge in [-0.1, -0.05) is 13.8 Å². The van der Waals surface area contributed by atoms with Crippen molar-refractivity contribution in [2.75, 3.05) is 13.1 Å². The van der Waals surface area contributed by atoms with Crippen molar-refractivity contribution in [3.05, 3.63) is 12.2 Å². The van der Waals surface area contributed by atoms with E-state index in [4.69, 9.17) is 21.7 Å². The summed E-state index contributed by atoms with van der Waals surface area (Å²) >= 11 is 0. The summed E-state index contributed by atoms with van der Waals surface area (Å²) in [7, 11) is 0. The van der Waals surface area contributed by atoms with Gasteiger partial charge in [-0.2, -0.15) is 0 Å². The van der Waals surface area contributed by atoms with Crippen molar-refractivity contribution in [3.8, 4) is 0 Å². The molecule has 0 amide bonds. The van der Waals surface area contributed by atoms with Gasteiger partial charge in [0, 0.05) is 12.2 Å². The van der Waals surface area contributed by atoms with Gasteiger partial charge in [0.05, 0.1) is 0 Å². The number of carboxylic acid groups (broad SMARTS) is 2. The summed E-state index contributed by atoms with van der Waals surface area (Å²) in [4.78, 5) is 19.1. The maximum absolute atomic E-state index is 9.55. The Bertz CT molecular complexity index is 169. The number of carbonyl (C=O) groups is 2. The molecule has 0 aliphatic rings. The zero-order chi connectivity index (χ0) is 13.4. The minimum Gasteiger partial charge on any atom is -0.478 e. The van der Waals surface area contributed by atoms with Crippen molar-refractivity contribution >= 4 is 11.9 Å². The molecule has 0 aliphatic carbocycles. The highest BCUT2D eigenvalue weighted by molar-refractivity contribution is 5.89. The van der Waals surface area contributed by atoms with Gasteiger partial charge in [0.1, 0.15) is 0 Å². The summed E-state index contributed by atoms with van der Waals surface area (Å²) in [5, 5.41) is 15.6. The first-order valence-corrected chi connectivity index (χ1v) is 5.00. The second-order valence-corrected chi connectivity index (χ2v) is 2.59. The highest BCUT2D eigenvalue weighted by atomic mass is 16.4. The molecule has 0 aliphatic heterocycles. The number of rotatable bonds is 4. The van der Waals surface area contributed by atoms with Gasteiger partial charge >= 0.3 is 11.9 Å². The Hall–Kier alpha value is -1.40. The third kappa shape index (κ3) is 54.1. The molecule has 0 spiro atoms. The van der Waals surface area contributed by atoms with Gasteiger partial charge in [0.25, 0.3) is 0 Å². The van der Waals surface area contributed by atoms with Crippen LogP contribution in [0.5, 0.6) is 0 Å². The van der Waals surface area contributed by atoms with Crippen LogP contribution in [0.3, 0.4) is 0 Å². The Balaban J connectivity index is -0.000000179. The highest BCUT2D eigenvalue weighted by Gasteiger charge is 1.88. The molecule has 0 bridgehead atoms. The lowest BCUT2D eigenvalue weighted by Gasteiger charge is -1.74. The Morgan fingerprint density at radius 2 is 1.12 bits per heavy atom. The molecule has 0 aromatic carbocycles. The zero-order valence-corrected chi connectivity index (χ0v) is 9.85. The van der Waals surface area contributed by atoms with Crippen molar-refractivity contribution in [2.45, 2.75) is 26.7 Å². The van der Waals surface area contributed by atoms with Crippen LogP contribution in [-0.4, -0.2) is 35.2 Å². The lowest BCUT2D eigenvalue weighted by atomic mass is 10.5. The fourth-order valence-electron chi connectivity index (χ4n) is 0.143. The molecule has 6 N–H and O–H groups in total. The second kappa shape index (κ2) is 19.2. The number of hydrogen-bond acceptors (Lipinski definition) is 4. The van der Waals surface area contributed by atoms with Crippen LogP contribution in [-0.2, 0) is 9.59 Å². The summed E-state index contributed by atoms with van der Waals surface area (Å²) in [6, 6.07) is 0. The summed E-state index contributed by atoms with van der Waals surface area (Å²) < 4.78 is 0. The molecular weight excluding hydrogens is 212 g/mol. The van der Waals surface area contributed by atoms with Crippen LogP contribution in [0, 0.1) is 0 Å². The van der Waals surface area contributed by atoms with E-state index in [2.05, 4.69) is 13.8 Å². The van der Waals surface area contributed by atoms with Gasteiger partial charge < -0.3 is 21.7 Å². The summed E-state index contributed by atoms with van der Waals surface area (Å²) in [6.45, 7) is 5.75. The van der Waals surface area contributed by atoms with Crippen molar-refractivity contribution < 1.29 is 19.8 Å². The first-order valence-electron chi connectivity index (χ1n) is 5.00. The standard InChI is InChI=1S/C4H4O4.2C3H9N/c5-3(6)1-2-4(7)8;2*1-2-3-4/h1-2H,(H,5,6)(H,7,8);2*2-4H2,1H3/b2-1-;;. The minimum absolute atomic E-state index is 0.558. The molecule has 6 nitrogen and oxygen atoms in total. The van der Waals surface area contributed by atoms with Gasteiger partial charge in [0.2, 0.25) is 0 Å². The van der Waals surface area contributed by atoms with Crippen LogP contribution >= 0.6 is 0 Å². The van der Waals surface area contributed by atoms with Crippen LogP contribution in [0.15, 0.2) is 12.2 Å². The quantitative estimate of drug-likeness (QED) is 0.522. The Kier molecular flexibility index (Phi) is 24.1. The second-order valence-electron chi connectivity index (χ2n) is 2.59. The normalized spacial score (nSPS) is 8.50. The van der Waals surface area contributed by atoms with Crippen molar-refractivity contribution in [1.29, 1.82) is 0 Å². The largest absolute Gasteiger partial charge is 0.478 e. The fraction of sp³-hybridized carbons (Fsp3) is 0.600. The van der Waals surface area contributed by atoms with Crippen LogP contribution in [0.1, 0.15) is 26.7 Å². The van der Waals surface area contributed by atoms with Gasteiger partial charge in [-0.15, -0.1) is 0 Å². The van der Waals surface area contributed by atoms with Crippen LogP contribution in [0.4, 0.5) is 0 Å². The average Bonchev–Trinajstić information content (AvgIpc) is 2.27. The molecule has 96 valence electrons. The number of nitrogens with two attached hydrogens (primary N) is 2. The molecule has 0 saturated heterocycles. The highest BCUT2D eigenvalue weighted by Crippen LogP contribution is 1.70. The summed E-state index contributed by atoms with van der Waals surface area (Å²) in [6.07, 6.45) is 3.31. The molecule has 0 rings (SSSR count). The molecule has 0 aromatic heterocycles. The maximum Gasteiger partial charge on any atom is 0.328 e. The molecule has 0 aromatic rings. The fourth-order valence-corrected chi connectivity index (χ4v) is 0.143. The van der Waals surface area contributed by atoms with Gasteiger partial charge in [-0.05, 0) is 25.9 Å². The molecule has 6 heteroatoms. The number of carboxylic acids is 2. The van der Waals surface area contributed by atoms with E-state index in [1.807, 2.05) is 0 Å². The van der Waals surface area contributed by atoms with E-state index >= 15 is 0 Å². The third-order valence-corrected chi connectivity index (χ3v) is 0.946. The minimum atomic E-state index is -1.26. The summed E-state index contributed by atoms with van der Waals surface area (Å²) in [5.41, 5.74) is 10.1. The first-order chi connectivity index (χ1) is 7.45. The smallest absolute Gasteiger partial charge is 0.328 e. The summed E-state index contributed by atoms with van der Waals surface area (Å²) in [5.74, 6) is -2.51. The molecule has 0 saturated carbocycles. The van der Waals surface area contributed by atoms with E-state index in [0.717, 1.165) is 25.9 Å². The number of aliphatic carboxylic acids is 2. The molecule has 0 radical (unpaired) electrons. The maximum atomic E-state index is 9.55. The Labute approximate surface area is 95.9 Å². The lowest BCUT2D eigenvalue weighted by molar-refractivity contribution is -0.134. The predicted octanol–water partition coefficient (Wildman–Crippen LogP) is 0.422. The number of hydrogen-bond donors (Lipinski definition) is 4. The van der Waals surface area contributed by atoms with Gasteiger partial charge in [0.15, 0.2) is 0 Å². The Morgan fingerprint density at radius 1 is 0.938 bits per heavy atom. The topological polar surface area (TPSA) is 127 Å². The molecule has 0 heterocycles. The van der Waals surface area contributed by atoms with E-state index < -0.39 is 11.9 Å². The van der Waals surface area contributed by atoms with E-state index in [1.165, 1.54) is 0 Å². The molecule has 0 unspecified atom stereocenters. The third-order valence-electron chi connectivity index (χ3n) is 0.946. The molecule has 0 atom stereocenters. The van der Waals surface area contributed by atoms with E-state index in [-0.39, 0.29) is 0 Å². The zero-order valence-electron chi connectivity index (χ0n) is 9.85. The van der Waals surface area contributed by atoms with Gasteiger partial charge in [-0.25, -0.2) is 9.59 Å². The van der Waals surface area contributed by atoms with E-state index in [1.54, 1.807) is 0 Å². The predicted molar refractivity (Wildman–Crippen MR) is 63.1 cm³/mol. The van der Waals surface area contributed by atoms with Crippen LogP contribution in [0.25, 0.3) is 0 Å². The van der Waals surface area contributed by atoms with E-state index in [0.29, 0.717) is 12.2 Å². The SMILES string of the molecule is CCCN.CCCN.O=C(O)/C=C\C(=O)O. The lowest BCUT2D eigenvalue weighted by Crippen LogP contribution is -1.93. The van der Waals surface area contributed by atoms with Crippen LogP contribution in [0.2, 0.25) is 0 Å².